The van der Waals surface area contributed by atoms with Crippen molar-refractivity contribution in [1.29, 1.82) is 0 Å². The van der Waals surface area contributed by atoms with Crippen LogP contribution in [0.4, 0.5) is 0 Å². The fraction of sp³-hybridized carbons (Fsp3) is 0.826. The second-order valence-corrected chi connectivity index (χ2v) is 10.8. The van der Waals surface area contributed by atoms with Crippen LogP contribution in [0.25, 0.3) is 0 Å². The smallest absolute Gasteiger partial charge is 0.287 e. The lowest BCUT2D eigenvalue weighted by Gasteiger charge is -2.25. The van der Waals surface area contributed by atoms with Crippen molar-refractivity contribution >= 4 is 23.5 Å². The number of carbonyl (C=O) groups excluding carboxylic acids is 2. The molecule has 1 aliphatic heterocycles. The molecule has 4 rings (SSSR count). The Hall–Kier alpha value is -1.45. The number of Topliss-reactive ketones (excluding diaryl/α,β-unsaturated/α-hetero) is 1. The maximum absolute atomic E-state index is 13.4. The minimum Gasteiger partial charge on any atom is -0.408 e. The number of hydrogen-bond donors (Lipinski definition) is 1. The Kier molecular flexibility index (Phi) is 7.89. The van der Waals surface area contributed by atoms with Crippen LogP contribution in [0.2, 0.25) is 0 Å². The average Bonchev–Trinajstić information content (AvgIpc) is 3.44. The van der Waals surface area contributed by atoms with Crippen molar-refractivity contribution in [2.75, 3.05) is 38.6 Å². The number of ketones is 1. The van der Waals surface area contributed by atoms with Gasteiger partial charge in [-0.15, -0.1) is 10.2 Å². The molecule has 2 saturated carbocycles. The van der Waals surface area contributed by atoms with E-state index in [4.69, 9.17) is 9.15 Å². The summed E-state index contributed by atoms with van der Waals surface area (Å²) < 4.78 is 11.1. The van der Waals surface area contributed by atoms with Crippen molar-refractivity contribution in [1.82, 2.24) is 20.4 Å². The van der Waals surface area contributed by atoms with Gasteiger partial charge in [-0.3, -0.25) is 14.5 Å². The van der Waals surface area contributed by atoms with E-state index in [0.717, 1.165) is 64.3 Å². The number of carbonyl (C=O) groups is 2. The van der Waals surface area contributed by atoms with Crippen molar-refractivity contribution < 1.29 is 18.7 Å². The third-order valence-electron chi connectivity index (χ3n) is 7.13. The van der Waals surface area contributed by atoms with Crippen molar-refractivity contribution in [3.05, 3.63) is 5.89 Å². The lowest BCUT2D eigenvalue weighted by Crippen LogP contribution is -2.48. The molecule has 0 aromatic carbocycles. The topological polar surface area (TPSA) is 97.6 Å². The molecule has 0 unspecified atom stereocenters. The molecular weight excluding hydrogens is 428 g/mol. The Morgan fingerprint density at radius 1 is 1.16 bits per heavy atom. The summed E-state index contributed by atoms with van der Waals surface area (Å²) in [5.41, 5.74) is -0.889. The molecule has 2 heterocycles. The molecule has 32 heavy (non-hydrogen) atoms. The zero-order valence-electron chi connectivity index (χ0n) is 19.3. The van der Waals surface area contributed by atoms with Gasteiger partial charge in [0, 0.05) is 31.3 Å². The van der Waals surface area contributed by atoms with Crippen molar-refractivity contribution in [2.24, 2.45) is 17.8 Å². The number of amides is 1. The van der Waals surface area contributed by atoms with Crippen LogP contribution in [-0.2, 0) is 9.53 Å². The molecule has 1 amide bonds. The Morgan fingerprint density at radius 3 is 2.53 bits per heavy atom. The first kappa shape index (κ1) is 23.7. The molecule has 178 valence electrons. The first-order valence-corrected chi connectivity index (χ1v) is 13.1. The van der Waals surface area contributed by atoms with Gasteiger partial charge in [-0.2, -0.15) is 0 Å². The van der Waals surface area contributed by atoms with Gasteiger partial charge in [-0.05, 0) is 31.1 Å². The van der Waals surface area contributed by atoms with E-state index < -0.39 is 5.54 Å². The monoisotopic (exact) mass is 464 g/mol. The molecule has 1 aromatic heterocycles. The quantitative estimate of drug-likeness (QED) is 0.338. The summed E-state index contributed by atoms with van der Waals surface area (Å²) in [6.07, 6.45) is 7.01. The summed E-state index contributed by atoms with van der Waals surface area (Å²) in [5, 5.41) is 11.7. The molecule has 1 N–H and O–H groups in total. The van der Waals surface area contributed by atoms with Crippen LogP contribution in [-0.4, -0.2) is 70.9 Å². The summed E-state index contributed by atoms with van der Waals surface area (Å²) in [6.45, 7) is 8.53. The molecule has 2 atom stereocenters. The van der Waals surface area contributed by atoms with Crippen LogP contribution < -0.4 is 5.32 Å². The number of nitrogens with one attached hydrogen (secondary N) is 1. The molecule has 0 spiro atoms. The van der Waals surface area contributed by atoms with E-state index in [0.29, 0.717) is 17.6 Å². The second-order valence-electron chi connectivity index (χ2n) is 9.71. The van der Waals surface area contributed by atoms with Crippen LogP contribution in [0, 0.1) is 17.8 Å². The van der Waals surface area contributed by atoms with Gasteiger partial charge in [0.1, 0.15) is 5.54 Å². The fourth-order valence-corrected chi connectivity index (χ4v) is 5.82. The predicted octanol–water partition coefficient (Wildman–Crippen LogP) is 3.18. The van der Waals surface area contributed by atoms with Crippen molar-refractivity contribution in [3.8, 4) is 0 Å². The highest BCUT2D eigenvalue weighted by Gasteiger charge is 2.63. The minimum atomic E-state index is -0.889. The van der Waals surface area contributed by atoms with Crippen LogP contribution in [0.1, 0.15) is 69.5 Å². The summed E-state index contributed by atoms with van der Waals surface area (Å²) in [5.74, 6) is 1.02. The first-order chi connectivity index (χ1) is 15.5. The van der Waals surface area contributed by atoms with Crippen molar-refractivity contribution in [3.63, 3.8) is 0 Å². The lowest BCUT2D eigenvalue weighted by molar-refractivity contribution is -0.126. The molecular formula is C23H36N4O4S. The number of ether oxygens (including phenoxy) is 1. The largest absolute Gasteiger partial charge is 0.408 e. The zero-order valence-corrected chi connectivity index (χ0v) is 20.1. The number of morpholine rings is 1. The molecule has 1 aromatic rings. The molecule has 0 bridgehead atoms. The van der Waals surface area contributed by atoms with Gasteiger partial charge < -0.3 is 14.5 Å². The number of hydrogen-bond acceptors (Lipinski definition) is 8. The van der Waals surface area contributed by atoms with Crippen LogP contribution in [0.15, 0.2) is 9.64 Å². The van der Waals surface area contributed by atoms with Gasteiger partial charge in [0.05, 0.1) is 13.2 Å². The summed E-state index contributed by atoms with van der Waals surface area (Å²) in [4.78, 5) is 28.8. The van der Waals surface area contributed by atoms with E-state index in [1.807, 2.05) is 0 Å². The normalized spacial score (nSPS) is 27.3. The highest BCUT2D eigenvalue weighted by atomic mass is 32.2. The Bertz CT molecular complexity index is 787. The Morgan fingerprint density at radius 2 is 1.88 bits per heavy atom. The van der Waals surface area contributed by atoms with E-state index >= 15 is 0 Å². The van der Waals surface area contributed by atoms with Gasteiger partial charge in [0.25, 0.3) is 11.1 Å². The third kappa shape index (κ3) is 5.54. The standard InChI is InChI=1S/C23H36N4O4S/c1-16(2)18-15-23(18,24-20(29)17-7-5-3-4-6-8-17)19(28)21-25-26-22(31-21)32-14-11-27-9-12-30-13-10-27/h16-18H,3-15H2,1-2H3,(H,24,29)/t18-,23+/m0/s1. The number of aromatic nitrogens is 2. The SMILES string of the molecule is CC(C)[C@@H]1C[C@]1(NC(=O)C1CCCCCC1)C(=O)c1nnc(SCCN2CCOCC2)o1. The molecule has 1 saturated heterocycles. The average molecular weight is 465 g/mol. The fourth-order valence-electron chi connectivity index (χ4n) is 5.06. The highest BCUT2D eigenvalue weighted by Crippen LogP contribution is 2.50. The number of rotatable bonds is 9. The Balaban J connectivity index is 1.37. The molecule has 3 fully saturated rings. The van der Waals surface area contributed by atoms with Crippen molar-refractivity contribution in [2.45, 2.75) is 69.6 Å². The molecule has 9 heteroatoms. The zero-order chi connectivity index (χ0) is 22.6. The van der Waals surface area contributed by atoms with E-state index in [2.05, 4.69) is 34.3 Å². The number of thioether (sulfide) groups is 1. The van der Waals surface area contributed by atoms with Crippen LogP contribution in [0.3, 0.4) is 0 Å². The van der Waals surface area contributed by atoms with Gasteiger partial charge >= 0.3 is 0 Å². The van der Waals surface area contributed by atoms with E-state index in [9.17, 15) is 9.59 Å². The van der Waals surface area contributed by atoms with E-state index in [1.165, 1.54) is 24.6 Å². The highest BCUT2D eigenvalue weighted by molar-refractivity contribution is 7.99. The maximum atomic E-state index is 13.4. The van der Waals surface area contributed by atoms with Gasteiger partial charge in [-0.1, -0.05) is 51.3 Å². The maximum Gasteiger partial charge on any atom is 0.287 e. The summed E-state index contributed by atoms with van der Waals surface area (Å²) >= 11 is 1.47. The third-order valence-corrected chi connectivity index (χ3v) is 7.93. The molecule has 2 aliphatic carbocycles. The van der Waals surface area contributed by atoms with E-state index in [-0.39, 0.29) is 29.4 Å². The predicted molar refractivity (Wildman–Crippen MR) is 122 cm³/mol. The van der Waals surface area contributed by atoms with Crippen LogP contribution >= 0.6 is 11.8 Å². The number of nitrogens with zero attached hydrogens (tertiary/aromatic N) is 3. The van der Waals surface area contributed by atoms with E-state index in [1.54, 1.807) is 0 Å². The van der Waals surface area contributed by atoms with Gasteiger partial charge in [-0.25, -0.2) is 0 Å². The summed E-state index contributed by atoms with van der Waals surface area (Å²) in [7, 11) is 0. The minimum absolute atomic E-state index is 0.00424. The molecule has 3 aliphatic rings. The first-order valence-electron chi connectivity index (χ1n) is 12.1. The summed E-state index contributed by atoms with van der Waals surface area (Å²) in [6, 6.07) is 0. The lowest BCUT2D eigenvalue weighted by atomic mass is 9.96. The molecule has 8 nitrogen and oxygen atoms in total. The van der Waals surface area contributed by atoms with Gasteiger partial charge in [0.15, 0.2) is 0 Å². The van der Waals surface area contributed by atoms with Gasteiger partial charge in [0.2, 0.25) is 11.7 Å². The Labute approximate surface area is 194 Å². The second kappa shape index (κ2) is 10.7. The molecule has 0 radical (unpaired) electrons. The van der Waals surface area contributed by atoms with Crippen LogP contribution in [0.5, 0.6) is 0 Å².